The van der Waals surface area contributed by atoms with Crippen molar-refractivity contribution < 1.29 is 5.11 Å². The Labute approximate surface area is 216 Å². The number of aryl methyl sites for hydroxylation is 1. The van der Waals surface area contributed by atoms with E-state index < -0.39 is 0 Å². The zero-order chi connectivity index (χ0) is 25.9. The minimum Gasteiger partial charge on any atom is -0.396 e. The van der Waals surface area contributed by atoms with Crippen molar-refractivity contribution in [2.24, 2.45) is 0 Å². The standard InChI is InChI=1S/C32H41N3O/c1-31(2,3)25-15-11-23(12-16-25)27-19-20-28(24-13-17-26(18-14-24)32(4,5)6)30-29(27)33-35(34-30)21-9-7-8-10-22-36/h11-20,36H,7-10,21-22H2,1-6H3. The van der Waals surface area contributed by atoms with Gasteiger partial charge in [0.05, 0.1) is 6.54 Å². The molecule has 0 fully saturated rings. The van der Waals surface area contributed by atoms with E-state index in [1.54, 1.807) is 0 Å². The van der Waals surface area contributed by atoms with Crippen LogP contribution in [0.5, 0.6) is 0 Å². The van der Waals surface area contributed by atoms with E-state index in [0.29, 0.717) is 0 Å². The lowest BCUT2D eigenvalue weighted by molar-refractivity contribution is 0.281. The maximum absolute atomic E-state index is 9.05. The molecule has 0 atom stereocenters. The smallest absolute Gasteiger partial charge is 0.121 e. The number of aliphatic hydroxyl groups excluding tert-OH is 1. The lowest BCUT2D eigenvalue weighted by Gasteiger charge is -2.19. The van der Waals surface area contributed by atoms with E-state index in [1.165, 1.54) is 11.1 Å². The first-order valence-electron chi connectivity index (χ1n) is 13.3. The van der Waals surface area contributed by atoms with E-state index in [1.807, 2.05) is 4.80 Å². The summed E-state index contributed by atoms with van der Waals surface area (Å²) in [6.07, 6.45) is 3.97. The van der Waals surface area contributed by atoms with Crippen molar-refractivity contribution in [3.05, 3.63) is 71.8 Å². The van der Waals surface area contributed by atoms with Crippen LogP contribution in [0.2, 0.25) is 0 Å². The second-order valence-corrected chi connectivity index (χ2v) is 11.9. The van der Waals surface area contributed by atoms with Crippen molar-refractivity contribution >= 4 is 11.0 Å². The summed E-state index contributed by atoms with van der Waals surface area (Å²) in [6, 6.07) is 22.1. The molecule has 0 saturated heterocycles. The van der Waals surface area contributed by atoms with Gasteiger partial charge in [-0.15, -0.1) is 0 Å². The number of hydrogen-bond donors (Lipinski definition) is 1. The minimum absolute atomic E-state index is 0.121. The van der Waals surface area contributed by atoms with Crippen molar-refractivity contribution in [3.63, 3.8) is 0 Å². The molecule has 0 saturated carbocycles. The Bertz CT molecular complexity index is 1190. The molecule has 190 valence electrons. The summed E-state index contributed by atoms with van der Waals surface area (Å²) in [5, 5.41) is 19.0. The lowest BCUT2D eigenvalue weighted by atomic mass is 9.85. The molecule has 4 nitrogen and oxygen atoms in total. The van der Waals surface area contributed by atoms with Gasteiger partial charge in [-0.25, -0.2) is 0 Å². The van der Waals surface area contributed by atoms with Crippen LogP contribution in [0.4, 0.5) is 0 Å². The van der Waals surface area contributed by atoms with E-state index in [4.69, 9.17) is 15.3 Å². The Hall–Kier alpha value is -2.98. The summed E-state index contributed by atoms with van der Waals surface area (Å²) < 4.78 is 0. The van der Waals surface area contributed by atoms with E-state index >= 15 is 0 Å². The van der Waals surface area contributed by atoms with Gasteiger partial charge in [0.25, 0.3) is 0 Å². The molecule has 4 rings (SSSR count). The highest BCUT2D eigenvalue weighted by Gasteiger charge is 2.18. The van der Waals surface area contributed by atoms with Gasteiger partial charge in [-0.2, -0.15) is 15.0 Å². The average molecular weight is 484 g/mol. The molecule has 4 aromatic rings. The number of aliphatic hydroxyl groups is 1. The quantitative estimate of drug-likeness (QED) is 0.259. The highest BCUT2D eigenvalue weighted by Crippen LogP contribution is 2.35. The lowest BCUT2D eigenvalue weighted by Crippen LogP contribution is -2.10. The van der Waals surface area contributed by atoms with Crippen molar-refractivity contribution in [3.8, 4) is 22.3 Å². The number of aromatic nitrogens is 3. The molecule has 1 N–H and O–H groups in total. The van der Waals surface area contributed by atoms with E-state index in [0.717, 1.165) is 65.5 Å². The number of rotatable bonds is 8. The van der Waals surface area contributed by atoms with Gasteiger partial charge in [0.15, 0.2) is 0 Å². The van der Waals surface area contributed by atoms with Gasteiger partial charge in [-0.3, -0.25) is 0 Å². The van der Waals surface area contributed by atoms with Crippen LogP contribution in [-0.4, -0.2) is 26.7 Å². The third-order valence-corrected chi connectivity index (χ3v) is 6.97. The highest BCUT2D eigenvalue weighted by atomic mass is 16.2. The van der Waals surface area contributed by atoms with Crippen LogP contribution in [0.3, 0.4) is 0 Å². The Morgan fingerprint density at radius 3 is 1.39 bits per heavy atom. The molecular weight excluding hydrogens is 442 g/mol. The van der Waals surface area contributed by atoms with Crippen molar-refractivity contribution in [1.29, 1.82) is 0 Å². The maximum Gasteiger partial charge on any atom is 0.121 e. The fourth-order valence-corrected chi connectivity index (χ4v) is 4.62. The fraction of sp³-hybridized carbons (Fsp3) is 0.438. The Morgan fingerprint density at radius 1 is 0.583 bits per heavy atom. The minimum atomic E-state index is 0.121. The number of unbranched alkanes of at least 4 members (excludes halogenated alkanes) is 3. The summed E-state index contributed by atoms with van der Waals surface area (Å²) >= 11 is 0. The zero-order valence-corrected chi connectivity index (χ0v) is 22.8. The predicted octanol–water partition coefficient (Wildman–Crippen LogP) is 7.91. The number of hydrogen-bond acceptors (Lipinski definition) is 3. The number of nitrogens with zero attached hydrogens (tertiary/aromatic N) is 3. The average Bonchev–Trinajstić information content (AvgIpc) is 3.26. The second kappa shape index (κ2) is 10.6. The van der Waals surface area contributed by atoms with E-state index in [9.17, 15) is 0 Å². The second-order valence-electron chi connectivity index (χ2n) is 11.9. The first kappa shape index (κ1) is 26.1. The third kappa shape index (κ3) is 5.87. The molecule has 1 aromatic heterocycles. The first-order valence-corrected chi connectivity index (χ1v) is 13.3. The van der Waals surface area contributed by atoms with Gasteiger partial charge in [0.2, 0.25) is 0 Å². The van der Waals surface area contributed by atoms with Crippen LogP contribution in [-0.2, 0) is 17.4 Å². The molecule has 0 amide bonds. The molecule has 0 aliphatic heterocycles. The predicted molar refractivity (Wildman–Crippen MR) is 151 cm³/mol. The summed E-state index contributed by atoms with van der Waals surface area (Å²) in [5.41, 5.74) is 9.35. The summed E-state index contributed by atoms with van der Waals surface area (Å²) in [4.78, 5) is 1.86. The largest absolute Gasteiger partial charge is 0.396 e. The zero-order valence-electron chi connectivity index (χ0n) is 22.8. The molecule has 0 spiro atoms. The van der Waals surface area contributed by atoms with Crippen molar-refractivity contribution in [2.75, 3.05) is 6.61 Å². The van der Waals surface area contributed by atoms with Gasteiger partial charge < -0.3 is 5.11 Å². The van der Waals surface area contributed by atoms with Crippen molar-refractivity contribution in [1.82, 2.24) is 15.0 Å². The molecule has 1 heterocycles. The molecule has 0 radical (unpaired) electrons. The fourth-order valence-electron chi connectivity index (χ4n) is 4.62. The highest BCUT2D eigenvalue weighted by molar-refractivity contribution is 6.00. The Kier molecular flexibility index (Phi) is 7.65. The van der Waals surface area contributed by atoms with E-state index in [2.05, 4.69) is 102 Å². The van der Waals surface area contributed by atoms with Crippen LogP contribution >= 0.6 is 0 Å². The normalized spacial score (nSPS) is 12.4. The summed E-state index contributed by atoms with van der Waals surface area (Å²) in [6.45, 7) is 14.5. The molecule has 4 heteroatoms. The number of benzene rings is 3. The molecule has 0 bridgehead atoms. The van der Waals surface area contributed by atoms with Gasteiger partial charge in [0.1, 0.15) is 11.0 Å². The first-order chi connectivity index (χ1) is 17.1. The van der Waals surface area contributed by atoms with Gasteiger partial charge in [-0.05, 0) is 45.9 Å². The van der Waals surface area contributed by atoms with Crippen LogP contribution in [0.15, 0.2) is 60.7 Å². The molecule has 0 aliphatic rings. The third-order valence-electron chi connectivity index (χ3n) is 6.97. The van der Waals surface area contributed by atoms with Crippen LogP contribution in [0, 0.1) is 0 Å². The van der Waals surface area contributed by atoms with Gasteiger partial charge >= 0.3 is 0 Å². The monoisotopic (exact) mass is 483 g/mol. The van der Waals surface area contributed by atoms with Crippen LogP contribution < -0.4 is 0 Å². The van der Waals surface area contributed by atoms with Gasteiger partial charge in [-0.1, -0.05) is 115 Å². The van der Waals surface area contributed by atoms with Crippen molar-refractivity contribution in [2.45, 2.75) is 84.6 Å². The number of fused-ring (bicyclic) bond motifs is 1. The maximum atomic E-state index is 9.05. The summed E-state index contributed by atoms with van der Waals surface area (Å²) in [7, 11) is 0. The van der Waals surface area contributed by atoms with Gasteiger partial charge in [0, 0.05) is 17.7 Å². The van der Waals surface area contributed by atoms with Crippen LogP contribution in [0.25, 0.3) is 33.3 Å². The summed E-state index contributed by atoms with van der Waals surface area (Å²) in [5.74, 6) is 0. The Balaban J connectivity index is 1.74. The molecule has 3 aromatic carbocycles. The topological polar surface area (TPSA) is 50.9 Å². The molecule has 36 heavy (non-hydrogen) atoms. The van der Waals surface area contributed by atoms with Crippen LogP contribution in [0.1, 0.15) is 78.4 Å². The Morgan fingerprint density at radius 2 is 1.00 bits per heavy atom. The molecular formula is C32H41N3O. The molecule has 0 aliphatic carbocycles. The molecule has 0 unspecified atom stereocenters. The SMILES string of the molecule is CC(C)(C)c1ccc(-c2ccc(-c3ccc(C(C)(C)C)cc3)c3nn(CCCCCCO)nc23)cc1. The van der Waals surface area contributed by atoms with E-state index in [-0.39, 0.29) is 17.4 Å².